The minimum absolute atomic E-state index is 0.732. The highest BCUT2D eigenvalue weighted by atomic mass is 15.2. The summed E-state index contributed by atoms with van der Waals surface area (Å²) in [6.07, 6.45) is 4.07. The second-order valence-electron chi connectivity index (χ2n) is 5.88. The Balaban J connectivity index is 1.44. The zero-order valence-corrected chi connectivity index (χ0v) is 11.3. The third-order valence-electron chi connectivity index (χ3n) is 4.42. The van der Waals surface area contributed by atoms with E-state index in [2.05, 4.69) is 47.5 Å². The number of hydrogen-bond acceptors (Lipinski definition) is 2. The Labute approximate surface area is 110 Å². The van der Waals surface area contributed by atoms with Crippen LogP contribution in [0, 0.1) is 5.92 Å². The maximum atomic E-state index is 3.83. The number of rotatable bonds is 5. The number of benzene rings is 1. The molecular formula is C16H24N2. The zero-order chi connectivity index (χ0) is 12.4. The molecule has 1 aromatic rings. The fraction of sp³-hybridized carbons (Fsp3) is 0.625. The second kappa shape index (κ2) is 5.41. The van der Waals surface area contributed by atoms with E-state index in [1.54, 1.807) is 0 Å². The Morgan fingerprint density at radius 1 is 1.28 bits per heavy atom. The monoisotopic (exact) mass is 244 g/mol. The molecule has 1 aliphatic carbocycles. The molecule has 18 heavy (non-hydrogen) atoms. The lowest BCUT2D eigenvalue weighted by atomic mass is 10.2. The van der Waals surface area contributed by atoms with Gasteiger partial charge >= 0.3 is 0 Å². The molecule has 1 saturated carbocycles. The van der Waals surface area contributed by atoms with E-state index in [9.17, 15) is 0 Å². The maximum Gasteiger partial charge on any atom is 0.0234 e. The molecule has 2 fully saturated rings. The number of nitrogens with zero attached hydrogens (tertiary/aromatic N) is 1. The molecule has 0 amide bonds. The van der Waals surface area contributed by atoms with E-state index in [4.69, 9.17) is 0 Å². The molecule has 1 N–H and O–H groups in total. The molecule has 2 heteroatoms. The van der Waals surface area contributed by atoms with Crippen LogP contribution in [0.5, 0.6) is 0 Å². The lowest BCUT2D eigenvalue weighted by molar-refractivity contribution is 0.319. The Kier molecular flexibility index (Phi) is 3.67. The van der Waals surface area contributed by atoms with Crippen molar-refractivity contribution >= 4 is 0 Å². The molecule has 0 bridgehead atoms. The van der Waals surface area contributed by atoms with E-state index in [0.29, 0.717) is 0 Å². The van der Waals surface area contributed by atoms with Gasteiger partial charge < -0.3 is 5.32 Å². The van der Waals surface area contributed by atoms with E-state index >= 15 is 0 Å². The van der Waals surface area contributed by atoms with Gasteiger partial charge in [0, 0.05) is 31.7 Å². The van der Waals surface area contributed by atoms with Crippen LogP contribution in [0.15, 0.2) is 30.3 Å². The van der Waals surface area contributed by atoms with Crippen molar-refractivity contribution in [2.24, 2.45) is 5.92 Å². The first kappa shape index (κ1) is 12.2. The van der Waals surface area contributed by atoms with Gasteiger partial charge in [-0.15, -0.1) is 0 Å². The first-order valence-corrected chi connectivity index (χ1v) is 7.37. The lowest BCUT2D eigenvalue weighted by Gasteiger charge is -2.16. The molecule has 1 saturated heterocycles. The van der Waals surface area contributed by atoms with Crippen molar-refractivity contribution in [1.82, 2.24) is 10.2 Å². The molecular weight excluding hydrogens is 220 g/mol. The molecule has 3 unspecified atom stereocenters. The Morgan fingerprint density at radius 3 is 2.83 bits per heavy atom. The molecule has 3 rings (SSSR count). The molecule has 1 aromatic carbocycles. The molecule has 0 radical (unpaired) electrons. The van der Waals surface area contributed by atoms with E-state index in [1.165, 1.54) is 37.9 Å². The van der Waals surface area contributed by atoms with E-state index in [-0.39, 0.29) is 0 Å². The fourth-order valence-electron chi connectivity index (χ4n) is 3.16. The van der Waals surface area contributed by atoms with Crippen LogP contribution in [0.3, 0.4) is 0 Å². The summed E-state index contributed by atoms with van der Waals surface area (Å²) < 4.78 is 0. The first-order chi connectivity index (χ1) is 8.85. The summed E-state index contributed by atoms with van der Waals surface area (Å²) in [5.74, 6) is 0.966. The van der Waals surface area contributed by atoms with Crippen LogP contribution in [-0.4, -0.2) is 30.1 Å². The molecule has 98 valence electrons. The molecule has 0 spiro atoms. The predicted molar refractivity (Wildman–Crippen MR) is 75.4 cm³/mol. The first-order valence-electron chi connectivity index (χ1n) is 7.37. The van der Waals surface area contributed by atoms with Crippen molar-refractivity contribution in [2.75, 3.05) is 13.1 Å². The van der Waals surface area contributed by atoms with Crippen molar-refractivity contribution in [2.45, 2.75) is 44.8 Å². The fourth-order valence-corrected chi connectivity index (χ4v) is 3.16. The van der Waals surface area contributed by atoms with Crippen molar-refractivity contribution in [3.63, 3.8) is 0 Å². The average Bonchev–Trinajstić information content (AvgIpc) is 3.01. The van der Waals surface area contributed by atoms with E-state index < -0.39 is 0 Å². The minimum Gasteiger partial charge on any atom is -0.310 e. The summed E-state index contributed by atoms with van der Waals surface area (Å²) in [7, 11) is 0. The van der Waals surface area contributed by atoms with Gasteiger partial charge in [-0.2, -0.15) is 0 Å². The molecule has 0 aromatic heterocycles. The van der Waals surface area contributed by atoms with Gasteiger partial charge in [0.1, 0.15) is 0 Å². The maximum absolute atomic E-state index is 3.83. The zero-order valence-electron chi connectivity index (χ0n) is 11.3. The smallest absolute Gasteiger partial charge is 0.0234 e. The van der Waals surface area contributed by atoms with Crippen LogP contribution in [0.25, 0.3) is 0 Å². The quantitative estimate of drug-likeness (QED) is 0.856. The molecule has 1 heterocycles. The van der Waals surface area contributed by atoms with Gasteiger partial charge in [-0.25, -0.2) is 0 Å². The standard InChI is InChI=1S/C16H24N2/c1-2-14-10-16(14)17-15-8-9-18(12-15)11-13-6-4-3-5-7-13/h3-7,14-17H,2,8-12H2,1H3. The molecule has 3 atom stereocenters. The molecule has 2 nitrogen and oxygen atoms in total. The van der Waals surface area contributed by atoms with Gasteiger partial charge in [-0.05, 0) is 24.3 Å². The summed E-state index contributed by atoms with van der Waals surface area (Å²) in [6.45, 7) is 5.89. The summed E-state index contributed by atoms with van der Waals surface area (Å²) in [6, 6.07) is 12.4. The Hall–Kier alpha value is -0.860. The van der Waals surface area contributed by atoms with Gasteiger partial charge in [-0.1, -0.05) is 43.7 Å². The summed E-state index contributed by atoms with van der Waals surface area (Å²) in [5.41, 5.74) is 1.44. The van der Waals surface area contributed by atoms with Crippen LogP contribution in [-0.2, 0) is 6.54 Å². The third-order valence-corrected chi connectivity index (χ3v) is 4.42. The highest BCUT2D eigenvalue weighted by Crippen LogP contribution is 2.34. The predicted octanol–water partition coefficient (Wildman–Crippen LogP) is 2.65. The molecule has 2 aliphatic rings. The van der Waals surface area contributed by atoms with E-state index in [0.717, 1.165) is 24.5 Å². The third kappa shape index (κ3) is 2.93. The summed E-state index contributed by atoms with van der Waals surface area (Å²) in [4.78, 5) is 2.58. The summed E-state index contributed by atoms with van der Waals surface area (Å²) in [5, 5.41) is 3.83. The van der Waals surface area contributed by atoms with Gasteiger partial charge in [-0.3, -0.25) is 4.90 Å². The van der Waals surface area contributed by atoms with Gasteiger partial charge in [0.05, 0.1) is 0 Å². The van der Waals surface area contributed by atoms with Crippen LogP contribution in [0.1, 0.15) is 31.7 Å². The van der Waals surface area contributed by atoms with Crippen LogP contribution < -0.4 is 5.32 Å². The molecule has 1 aliphatic heterocycles. The minimum atomic E-state index is 0.732. The van der Waals surface area contributed by atoms with Crippen LogP contribution in [0.2, 0.25) is 0 Å². The van der Waals surface area contributed by atoms with E-state index in [1.807, 2.05) is 0 Å². The van der Waals surface area contributed by atoms with Gasteiger partial charge in [0.25, 0.3) is 0 Å². The summed E-state index contributed by atoms with van der Waals surface area (Å²) >= 11 is 0. The highest BCUT2D eigenvalue weighted by molar-refractivity contribution is 5.14. The van der Waals surface area contributed by atoms with Crippen molar-refractivity contribution in [3.05, 3.63) is 35.9 Å². The average molecular weight is 244 g/mol. The number of likely N-dealkylation sites (tertiary alicyclic amines) is 1. The van der Waals surface area contributed by atoms with Gasteiger partial charge in [0.2, 0.25) is 0 Å². The topological polar surface area (TPSA) is 15.3 Å². The van der Waals surface area contributed by atoms with Crippen LogP contribution >= 0.6 is 0 Å². The number of hydrogen-bond donors (Lipinski definition) is 1. The normalized spacial score (nSPS) is 31.7. The van der Waals surface area contributed by atoms with Crippen molar-refractivity contribution < 1.29 is 0 Å². The number of nitrogens with one attached hydrogen (secondary N) is 1. The largest absolute Gasteiger partial charge is 0.310 e. The Morgan fingerprint density at radius 2 is 2.11 bits per heavy atom. The van der Waals surface area contributed by atoms with Crippen LogP contribution in [0.4, 0.5) is 0 Å². The Bertz CT molecular complexity index is 376. The van der Waals surface area contributed by atoms with Crippen molar-refractivity contribution in [3.8, 4) is 0 Å². The lowest BCUT2D eigenvalue weighted by Crippen LogP contribution is -2.34. The second-order valence-corrected chi connectivity index (χ2v) is 5.88. The van der Waals surface area contributed by atoms with Crippen molar-refractivity contribution in [1.29, 1.82) is 0 Å². The van der Waals surface area contributed by atoms with Gasteiger partial charge in [0.15, 0.2) is 0 Å². The SMILES string of the molecule is CCC1CC1NC1CCN(Cc2ccccc2)C1. The highest BCUT2D eigenvalue weighted by Gasteiger charge is 2.37.